The van der Waals surface area contributed by atoms with Gasteiger partial charge in [-0.1, -0.05) is 72.8 Å². The molecule has 0 heterocycles. The molecule has 0 saturated carbocycles. The molecule has 5 heteroatoms. The maximum absolute atomic E-state index is 12.6. The lowest BCUT2D eigenvalue weighted by Gasteiger charge is -2.18. The first-order valence-corrected chi connectivity index (χ1v) is 10.3. The molecule has 1 N–H and O–H groups in total. The minimum absolute atomic E-state index is 0.291. The van der Waals surface area contributed by atoms with E-state index in [-0.39, 0.29) is 6.04 Å². The standard InChI is InChI=1S/C27H22N2O3/c1-19(24-16-8-10-20-9-5-6-15-25(20)24)29-27(30)32-26(18-28)21-11-7-14-23(17-21)31-22-12-3-2-4-13-22/h2-17,19,26H,1H3,(H,29,30). The van der Waals surface area contributed by atoms with E-state index in [0.717, 1.165) is 16.3 Å². The van der Waals surface area contributed by atoms with Crippen molar-refractivity contribution in [3.05, 3.63) is 108 Å². The Hall–Kier alpha value is -4.30. The molecule has 2 unspecified atom stereocenters. The molecule has 0 aliphatic rings. The summed E-state index contributed by atoms with van der Waals surface area (Å²) >= 11 is 0. The highest BCUT2D eigenvalue weighted by Crippen LogP contribution is 2.27. The summed E-state index contributed by atoms with van der Waals surface area (Å²) in [5.74, 6) is 1.24. The Morgan fingerprint density at radius 2 is 1.56 bits per heavy atom. The molecule has 0 bridgehead atoms. The van der Waals surface area contributed by atoms with Crippen LogP contribution in [0.2, 0.25) is 0 Å². The lowest BCUT2D eigenvalue weighted by atomic mass is 10.00. The highest BCUT2D eigenvalue weighted by atomic mass is 16.6. The predicted octanol–water partition coefficient (Wildman–Crippen LogP) is 6.68. The van der Waals surface area contributed by atoms with Crippen LogP contribution in [-0.4, -0.2) is 6.09 Å². The fraction of sp³-hybridized carbons (Fsp3) is 0.111. The number of ether oxygens (including phenoxy) is 2. The molecule has 4 rings (SSSR count). The number of benzene rings is 4. The van der Waals surface area contributed by atoms with Crippen molar-refractivity contribution in [3.63, 3.8) is 0 Å². The molecular weight excluding hydrogens is 400 g/mol. The van der Waals surface area contributed by atoms with Crippen molar-refractivity contribution in [2.24, 2.45) is 0 Å². The van der Waals surface area contributed by atoms with Gasteiger partial charge in [-0.2, -0.15) is 5.26 Å². The molecule has 2 atom stereocenters. The van der Waals surface area contributed by atoms with Gasteiger partial charge in [-0.15, -0.1) is 0 Å². The number of nitrogens with zero attached hydrogens (tertiary/aromatic N) is 1. The Morgan fingerprint density at radius 1 is 0.875 bits per heavy atom. The molecular formula is C27H22N2O3. The average Bonchev–Trinajstić information content (AvgIpc) is 2.83. The number of rotatable bonds is 6. The van der Waals surface area contributed by atoms with Crippen molar-refractivity contribution in [1.29, 1.82) is 5.26 Å². The summed E-state index contributed by atoms with van der Waals surface area (Å²) < 4.78 is 11.2. The molecule has 0 spiro atoms. The molecule has 0 aliphatic heterocycles. The largest absolute Gasteiger partial charge is 0.457 e. The fourth-order valence-electron chi connectivity index (χ4n) is 3.56. The zero-order valence-electron chi connectivity index (χ0n) is 17.6. The Morgan fingerprint density at radius 3 is 2.38 bits per heavy atom. The number of nitrogens with one attached hydrogen (secondary N) is 1. The Labute approximate surface area is 186 Å². The number of hydrogen-bond donors (Lipinski definition) is 1. The van der Waals surface area contributed by atoms with Crippen molar-refractivity contribution in [2.45, 2.75) is 19.1 Å². The van der Waals surface area contributed by atoms with Crippen LogP contribution in [0.15, 0.2) is 97.1 Å². The zero-order valence-corrected chi connectivity index (χ0v) is 17.6. The van der Waals surface area contributed by atoms with E-state index < -0.39 is 12.2 Å². The van der Waals surface area contributed by atoms with E-state index >= 15 is 0 Å². The van der Waals surface area contributed by atoms with Crippen LogP contribution in [0.4, 0.5) is 4.79 Å². The average molecular weight is 422 g/mol. The van der Waals surface area contributed by atoms with Crippen molar-refractivity contribution in [1.82, 2.24) is 5.32 Å². The number of carbonyl (C=O) groups excluding carboxylic acids is 1. The molecule has 0 fully saturated rings. The van der Waals surface area contributed by atoms with Gasteiger partial charge in [0.25, 0.3) is 0 Å². The summed E-state index contributed by atoms with van der Waals surface area (Å²) in [6.07, 6.45) is -1.72. The molecule has 4 aromatic rings. The second-order valence-electron chi connectivity index (χ2n) is 7.34. The second-order valence-corrected chi connectivity index (χ2v) is 7.34. The van der Waals surface area contributed by atoms with Gasteiger partial charge in [0.1, 0.15) is 17.6 Å². The van der Waals surface area contributed by atoms with Crippen LogP contribution in [0.1, 0.15) is 30.2 Å². The molecule has 0 saturated heterocycles. The normalized spacial score (nSPS) is 12.4. The van der Waals surface area contributed by atoms with Gasteiger partial charge in [0, 0.05) is 5.56 Å². The summed E-state index contributed by atoms with van der Waals surface area (Å²) in [6, 6.07) is 32.0. The number of para-hydroxylation sites is 1. The van der Waals surface area contributed by atoms with Crippen molar-refractivity contribution in [3.8, 4) is 17.6 Å². The first kappa shape index (κ1) is 21.0. The van der Waals surface area contributed by atoms with Crippen molar-refractivity contribution < 1.29 is 14.3 Å². The highest BCUT2D eigenvalue weighted by molar-refractivity contribution is 5.86. The van der Waals surface area contributed by atoms with Crippen LogP contribution >= 0.6 is 0 Å². The van der Waals surface area contributed by atoms with Crippen LogP contribution in [0.3, 0.4) is 0 Å². The minimum atomic E-state index is -1.06. The maximum atomic E-state index is 12.6. The van der Waals surface area contributed by atoms with Gasteiger partial charge in [0.05, 0.1) is 6.04 Å². The third-order valence-electron chi connectivity index (χ3n) is 5.11. The monoisotopic (exact) mass is 422 g/mol. The van der Waals surface area contributed by atoms with E-state index in [1.165, 1.54) is 0 Å². The van der Waals surface area contributed by atoms with E-state index in [2.05, 4.69) is 5.32 Å². The molecule has 5 nitrogen and oxygen atoms in total. The van der Waals surface area contributed by atoms with Gasteiger partial charge in [-0.05, 0) is 47.5 Å². The Kier molecular flexibility index (Phi) is 6.33. The summed E-state index contributed by atoms with van der Waals surface area (Å²) in [4.78, 5) is 12.6. The fourth-order valence-corrected chi connectivity index (χ4v) is 3.56. The summed E-state index contributed by atoms with van der Waals surface area (Å²) in [7, 11) is 0. The van der Waals surface area contributed by atoms with Gasteiger partial charge in [-0.25, -0.2) is 4.79 Å². The van der Waals surface area contributed by atoms with E-state index in [1.54, 1.807) is 24.3 Å². The van der Waals surface area contributed by atoms with Gasteiger partial charge in [0.2, 0.25) is 6.10 Å². The highest BCUT2D eigenvalue weighted by Gasteiger charge is 2.19. The summed E-state index contributed by atoms with van der Waals surface area (Å²) in [5.41, 5.74) is 1.51. The minimum Gasteiger partial charge on any atom is -0.457 e. The van der Waals surface area contributed by atoms with E-state index in [1.807, 2.05) is 85.8 Å². The summed E-state index contributed by atoms with van der Waals surface area (Å²) in [6.45, 7) is 1.89. The van der Waals surface area contributed by atoms with Gasteiger partial charge in [0.15, 0.2) is 0 Å². The van der Waals surface area contributed by atoms with Crippen molar-refractivity contribution >= 4 is 16.9 Å². The Balaban J connectivity index is 1.45. The molecule has 32 heavy (non-hydrogen) atoms. The lowest BCUT2D eigenvalue weighted by Crippen LogP contribution is -2.28. The van der Waals surface area contributed by atoms with Crippen LogP contribution in [0, 0.1) is 11.3 Å². The molecule has 0 aliphatic carbocycles. The molecule has 4 aromatic carbocycles. The Bertz CT molecular complexity index is 1260. The van der Waals surface area contributed by atoms with Crippen LogP contribution in [-0.2, 0) is 4.74 Å². The predicted molar refractivity (Wildman–Crippen MR) is 123 cm³/mol. The van der Waals surface area contributed by atoms with E-state index in [9.17, 15) is 10.1 Å². The van der Waals surface area contributed by atoms with Gasteiger partial charge in [-0.3, -0.25) is 0 Å². The molecule has 1 amide bonds. The molecule has 0 aromatic heterocycles. The third-order valence-corrected chi connectivity index (χ3v) is 5.11. The number of alkyl carbamates (subject to hydrolysis) is 1. The number of amides is 1. The summed E-state index contributed by atoms with van der Waals surface area (Å²) in [5, 5.41) is 14.6. The van der Waals surface area contributed by atoms with Gasteiger partial charge >= 0.3 is 6.09 Å². The van der Waals surface area contributed by atoms with Crippen molar-refractivity contribution in [2.75, 3.05) is 0 Å². The first-order chi connectivity index (χ1) is 15.6. The quantitative estimate of drug-likeness (QED) is 0.376. The lowest BCUT2D eigenvalue weighted by molar-refractivity contribution is 0.120. The smallest absolute Gasteiger partial charge is 0.409 e. The maximum Gasteiger partial charge on any atom is 0.409 e. The van der Waals surface area contributed by atoms with E-state index in [0.29, 0.717) is 17.1 Å². The molecule has 0 radical (unpaired) electrons. The third kappa shape index (κ3) is 4.88. The number of fused-ring (bicyclic) bond motifs is 1. The number of carbonyl (C=O) groups is 1. The second kappa shape index (κ2) is 9.67. The van der Waals surface area contributed by atoms with Crippen LogP contribution < -0.4 is 10.1 Å². The van der Waals surface area contributed by atoms with Gasteiger partial charge < -0.3 is 14.8 Å². The first-order valence-electron chi connectivity index (χ1n) is 10.3. The number of hydrogen-bond acceptors (Lipinski definition) is 4. The topological polar surface area (TPSA) is 71.3 Å². The molecule has 158 valence electrons. The zero-order chi connectivity index (χ0) is 22.3. The van der Waals surface area contributed by atoms with Crippen LogP contribution in [0.5, 0.6) is 11.5 Å². The van der Waals surface area contributed by atoms with Crippen LogP contribution in [0.25, 0.3) is 10.8 Å². The van der Waals surface area contributed by atoms with E-state index in [4.69, 9.17) is 9.47 Å². The SMILES string of the molecule is CC(NC(=O)OC(C#N)c1cccc(Oc2ccccc2)c1)c1cccc2ccccc12. The number of nitriles is 1.